The van der Waals surface area contributed by atoms with Gasteiger partial charge in [0.05, 0.1) is 11.1 Å². The number of halogens is 6. The molecule has 0 aliphatic rings. The Kier molecular flexibility index (Phi) is 3.52. The van der Waals surface area contributed by atoms with E-state index in [0.717, 1.165) is 6.20 Å². The fourth-order valence-corrected chi connectivity index (χ4v) is 1.60. The summed E-state index contributed by atoms with van der Waals surface area (Å²) in [5.41, 5.74) is 2.07. The number of hydrogen-bond acceptors (Lipinski definition) is 3. The summed E-state index contributed by atoms with van der Waals surface area (Å²) >= 11 is 0. The standard InChI is InChI=1S/C12H7F6N3/c13-11(14,15)7-3-6(4-8(5-7)12(16,17)18)10-20-2-1-9(19)21-10/h1-5H,(H2,19,20,21). The van der Waals surface area contributed by atoms with Crippen LogP contribution in [0.1, 0.15) is 11.1 Å². The van der Waals surface area contributed by atoms with E-state index in [2.05, 4.69) is 9.97 Å². The third-order valence-corrected chi connectivity index (χ3v) is 2.52. The van der Waals surface area contributed by atoms with Gasteiger partial charge in [-0.3, -0.25) is 0 Å². The van der Waals surface area contributed by atoms with Crippen LogP contribution in [-0.4, -0.2) is 9.97 Å². The lowest BCUT2D eigenvalue weighted by molar-refractivity contribution is -0.143. The fourth-order valence-electron chi connectivity index (χ4n) is 1.60. The number of anilines is 1. The Morgan fingerprint density at radius 3 is 1.81 bits per heavy atom. The molecular formula is C12H7F6N3. The normalized spacial score (nSPS) is 12.5. The summed E-state index contributed by atoms with van der Waals surface area (Å²) in [6.45, 7) is 0. The molecule has 1 aromatic carbocycles. The topological polar surface area (TPSA) is 51.8 Å². The van der Waals surface area contributed by atoms with Crippen LogP contribution in [0.3, 0.4) is 0 Å². The summed E-state index contributed by atoms with van der Waals surface area (Å²) < 4.78 is 76.2. The van der Waals surface area contributed by atoms with E-state index >= 15 is 0 Å². The SMILES string of the molecule is Nc1ccnc(-c2cc(C(F)(F)F)cc(C(F)(F)F)c2)n1. The molecule has 0 fully saturated rings. The molecule has 2 rings (SSSR count). The molecule has 0 atom stereocenters. The van der Waals surface area contributed by atoms with Gasteiger partial charge in [0.25, 0.3) is 0 Å². The van der Waals surface area contributed by atoms with Crippen molar-refractivity contribution in [3.8, 4) is 11.4 Å². The van der Waals surface area contributed by atoms with E-state index in [1.54, 1.807) is 0 Å². The first kappa shape index (κ1) is 15.1. The van der Waals surface area contributed by atoms with Gasteiger partial charge in [-0.1, -0.05) is 0 Å². The van der Waals surface area contributed by atoms with Gasteiger partial charge in [-0.05, 0) is 24.3 Å². The number of nitrogens with zero attached hydrogens (tertiary/aromatic N) is 2. The van der Waals surface area contributed by atoms with E-state index in [9.17, 15) is 26.3 Å². The monoisotopic (exact) mass is 307 g/mol. The van der Waals surface area contributed by atoms with Crippen molar-refractivity contribution < 1.29 is 26.3 Å². The highest BCUT2D eigenvalue weighted by molar-refractivity contribution is 5.59. The van der Waals surface area contributed by atoms with Crippen LogP contribution in [0.5, 0.6) is 0 Å². The molecule has 0 bridgehead atoms. The average Bonchev–Trinajstić information content (AvgIpc) is 2.36. The second-order valence-electron chi connectivity index (χ2n) is 4.10. The lowest BCUT2D eigenvalue weighted by Crippen LogP contribution is -2.11. The molecule has 3 nitrogen and oxygen atoms in total. The number of hydrogen-bond donors (Lipinski definition) is 1. The van der Waals surface area contributed by atoms with Crippen LogP contribution < -0.4 is 5.73 Å². The van der Waals surface area contributed by atoms with Gasteiger partial charge in [-0.2, -0.15) is 26.3 Å². The van der Waals surface area contributed by atoms with E-state index in [-0.39, 0.29) is 17.7 Å². The fraction of sp³-hybridized carbons (Fsp3) is 0.167. The van der Waals surface area contributed by atoms with Gasteiger partial charge >= 0.3 is 12.4 Å². The maximum absolute atomic E-state index is 12.7. The van der Waals surface area contributed by atoms with Crippen molar-refractivity contribution in [1.29, 1.82) is 0 Å². The Morgan fingerprint density at radius 2 is 1.38 bits per heavy atom. The maximum atomic E-state index is 12.7. The van der Waals surface area contributed by atoms with Crippen molar-refractivity contribution >= 4 is 5.82 Å². The minimum Gasteiger partial charge on any atom is -0.384 e. The Bertz CT molecular complexity index is 631. The van der Waals surface area contributed by atoms with E-state index < -0.39 is 29.0 Å². The molecule has 9 heteroatoms. The number of nitrogen functional groups attached to an aromatic ring is 1. The highest BCUT2D eigenvalue weighted by Crippen LogP contribution is 2.38. The minimum absolute atomic E-state index is 0.0375. The van der Waals surface area contributed by atoms with Crippen molar-refractivity contribution in [3.63, 3.8) is 0 Å². The number of alkyl halides is 6. The van der Waals surface area contributed by atoms with Crippen LogP contribution in [0, 0.1) is 0 Å². The highest BCUT2D eigenvalue weighted by Gasteiger charge is 2.37. The Hall–Kier alpha value is -2.32. The third kappa shape index (κ3) is 3.41. The van der Waals surface area contributed by atoms with Gasteiger partial charge in [0, 0.05) is 11.8 Å². The van der Waals surface area contributed by atoms with Gasteiger partial charge < -0.3 is 5.73 Å². The van der Waals surface area contributed by atoms with E-state index in [0.29, 0.717) is 12.1 Å². The van der Waals surface area contributed by atoms with Crippen molar-refractivity contribution in [2.45, 2.75) is 12.4 Å². The molecule has 0 radical (unpaired) electrons. The number of nitrogens with two attached hydrogens (primary N) is 1. The Morgan fingerprint density at radius 1 is 0.857 bits per heavy atom. The van der Waals surface area contributed by atoms with Gasteiger partial charge in [0.15, 0.2) is 5.82 Å². The molecule has 112 valence electrons. The first-order chi connectivity index (χ1) is 9.57. The Balaban J connectivity index is 2.66. The van der Waals surface area contributed by atoms with Crippen molar-refractivity contribution in [1.82, 2.24) is 9.97 Å². The molecule has 0 amide bonds. The van der Waals surface area contributed by atoms with E-state index in [1.807, 2.05) is 0 Å². The molecule has 0 unspecified atom stereocenters. The van der Waals surface area contributed by atoms with Crippen LogP contribution in [0.2, 0.25) is 0 Å². The molecule has 2 N–H and O–H groups in total. The van der Waals surface area contributed by atoms with Crippen molar-refractivity contribution in [3.05, 3.63) is 41.6 Å². The van der Waals surface area contributed by atoms with Gasteiger partial charge in [-0.25, -0.2) is 9.97 Å². The second-order valence-corrected chi connectivity index (χ2v) is 4.10. The second kappa shape index (κ2) is 4.90. The number of benzene rings is 1. The maximum Gasteiger partial charge on any atom is 0.416 e. The predicted molar refractivity (Wildman–Crippen MR) is 61.9 cm³/mol. The molecule has 21 heavy (non-hydrogen) atoms. The average molecular weight is 307 g/mol. The first-order valence-corrected chi connectivity index (χ1v) is 5.46. The molecule has 0 saturated heterocycles. The van der Waals surface area contributed by atoms with Crippen LogP contribution in [0.25, 0.3) is 11.4 Å². The van der Waals surface area contributed by atoms with Crippen molar-refractivity contribution in [2.75, 3.05) is 5.73 Å². The number of rotatable bonds is 1. The zero-order chi connectivity index (χ0) is 15.8. The van der Waals surface area contributed by atoms with Crippen LogP contribution in [0.15, 0.2) is 30.5 Å². The summed E-state index contributed by atoms with van der Waals surface area (Å²) in [5.74, 6) is -0.377. The summed E-state index contributed by atoms with van der Waals surface area (Å²) in [7, 11) is 0. The van der Waals surface area contributed by atoms with Crippen molar-refractivity contribution in [2.24, 2.45) is 0 Å². The minimum atomic E-state index is -4.92. The largest absolute Gasteiger partial charge is 0.416 e. The summed E-state index contributed by atoms with van der Waals surface area (Å²) in [6, 6.07) is 2.39. The molecule has 1 heterocycles. The first-order valence-electron chi connectivity index (χ1n) is 5.46. The zero-order valence-electron chi connectivity index (χ0n) is 10.1. The predicted octanol–water partition coefficient (Wildman–Crippen LogP) is 3.76. The summed E-state index contributed by atoms with van der Waals surface area (Å²) in [6.07, 6.45) is -8.70. The molecular weight excluding hydrogens is 300 g/mol. The smallest absolute Gasteiger partial charge is 0.384 e. The molecule has 1 aromatic heterocycles. The lowest BCUT2D eigenvalue weighted by Gasteiger charge is -2.13. The van der Waals surface area contributed by atoms with Gasteiger partial charge in [-0.15, -0.1) is 0 Å². The summed E-state index contributed by atoms with van der Waals surface area (Å²) in [5, 5.41) is 0. The zero-order valence-corrected chi connectivity index (χ0v) is 10.1. The molecule has 0 aliphatic heterocycles. The lowest BCUT2D eigenvalue weighted by atomic mass is 10.0. The van der Waals surface area contributed by atoms with E-state index in [1.165, 1.54) is 6.07 Å². The molecule has 0 saturated carbocycles. The van der Waals surface area contributed by atoms with Gasteiger partial charge in [0.1, 0.15) is 5.82 Å². The molecule has 0 aliphatic carbocycles. The third-order valence-electron chi connectivity index (χ3n) is 2.52. The van der Waals surface area contributed by atoms with Gasteiger partial charge in [0.2, 0.25) is 0 Å². The van der Waals surface area contributed by atoms with Crippen LogP contribution in [0.4, 0.5) is 32.2 Å². The van der Waals surface area contributed by atoms with Crippen LogP contribution >= 0.6 is 0 Å². The Labute approximate surface area is 114 Å². The quantitative estimate of drug-likeness (QED) is 0.816. The van der Waals surface area contributed by atoms with E-state index in [4.69, 9.17) is 5.73 Å². The highest BCUT2D eigenvalue weighted by atomic mass is 19.4. The van der Waals surface area contributed by atoms with Crippen LogP contribution in [-0.2, 0) is 12.4 Å². The molecule has 2 aromatic rings. The number of aromatic nitrogens is 2. The summed E-state index contributed by atoms with van der Waals surface area (Å²) in [4.78, 5) is 7.25. The molecule has 0 spiro atoms.